The second kappa shape index (κ2) is 6.52. The van der Waals surface area contributed by atoms with E-state index in [4.69, 9.17) is 11.6 Å². The number of benzene rings is 2. The van der Waals surface area contributed by atoms with Crippen molar-refractivity contribution in [1.82, 2.24) is 0 Å². The molecule has 0 aliphatic carbocycles. The van der Waals surface area contributed by atoms with Crippen LogP contribution in [0.3, 0.4) is 0 Å². The molecule has 0 aromatic heterocycles. The molecule has 0 radical (unpaired) electrons. The molecule has 2 aromatic carbocycles. The second-order valence-corrected chi connectivity index (χ2v) is 6.61. The van der Waals surface area contributed by atoms with Crippen molar-refractivity contribution in [1.29, 1.82) is 0 Å². The van der Waals surface area contributed by atoms with E-state index in [-0.39, 0.29) is 11.4 Å². The molecule has 1 atom stereocenters. The Kier molecular flexibility index (Phi) is 5.22. The van der Waals surface area contributed by atoms with Crippen LogP contribution in [0.15, 0.2) is 40.9 Å². The van der Waals surface area contributed by atoms with E-state index >= 15 is 0 Å². The van der Waals surface area contributed by atoms with Gasteiger partial charge in [0, 0.05) is 14.5 Å². The monoisotopic (exact) mass is 454 g/mol. The topological polar surface area (TPSA) is 20.2 Å². The van der Waals surface area contributed by atoms with Gasteiger partial charge in [-0.1, -0.05) is 39.7 Å². The average molecular weight is 455 g/mol. The molecule has 0 saturated heterocycles. The Morgan fingerprint density at radius 2 is 2.05 bits per heavy atom. The van der Waals surface area contributed by atoms with Crippen LogP contribution in [-0.4, -0.2) is 5.11 Å². The highest BCUT2D eigenvalue weighted by Gasteiger charge is 2.16. The minimum absolute atomic E-state index is 0.0754. The molecule has 100 valence electrons. The number of hydrogen-bond donors (Lipinski definition) is 1. The lowest BCUT2D eigenvalue weighted by Crippen LogP contribution is -2.05. The van der Waals surface area contributed by atoms with Crippen molar-refractivity contribution in [2.75, 3.05) is 0 Å². The van der Waals surface area contributed by atoms with Crippen molar-refractivity contribution < 1.29 is 9.50 Å². The lowest BCUT2D eigenvalue weighted by Gasteiger charge is -2.14. The van der Waals surface area contributed by atoms with Crippen molar-refractivity contribution in [3.63, 3.8) is 0 Å². The van der Waals surface area contributed by atoms with E-state index in [1.807, 2.05) is 18.2 Å². The number of hydrogen-bond acceptors (Lipinski definition) is 1. The van der Waals surface area contributed by atoms with Gasteiger partial charge in [-0.05, 0) is 58.0 Å². The molecule has 1 nitrogen and oxygen atoms in total. The van der Waals surface area contributed by atoms with E-state index in [2.05, 4.69) is 38.5 Å². The maximum Gasteiger partial charge on any atom is 0.145 e. The zero-order valence-electron chi connectivity index (χ0n) is 9.71. The fraction of sp³-hybridized carbons (Fsp3) is 0.143. The molecule has 2 rings (SSSR count). The molecule has 0 bridgehead atoms. The highest BCUT2D eigenvalue weighted by Crippen LogP contribution is 2.29. The minimum Gasteiger partial charge on any atom is -0.388 e. The van der Waals surface area contributed by atoms with Crippen LogP contribution in [0.1, 0.15) is 17.2 Å². The summed E-state index contributed by atoms with van der Waals surface area (Å²) < 4.78 is 15.6. The SMILES string of the molecule is OC(Cc1cccc(Cl)c1F)c1cc(I)ccc1Br. The third-order valence-electron chi connectivity index (χ3n) is 2.76. The van der Waals surface area contributed by atoms with Crippen molar-refractivity contribution in [3.8, 4) is 0 Å². The highest BCUT2D eigenvalue weighted by molar-refractivity contribution is 14.1. The first-order valence-corrected chi connectivity index (χ1v) is 7.80. The van der Waals surface area contributed by atoms with Crippen LogP contribution in [-0.2, 0) is 6.42 Å². The van der Waals surface area contributed by atoms with Crippen LogP contribution in [0.2, 0.25) is 5.02 Å². The number of aliphatic hydroxyl groups is 1. The maximum absolute atomic E-state index is 13.8. The lowest BCUT2D eigenvalue weighted by molar-refractivity contribution is 0.176. The number of halogens is 4. The van der Waals surface area contributed by atoms with Gasteiger partial charge in [0.1, 0.15) is 5.82 Å². The van der Waals surface area contributed by atoms with E-state index in [9.17, 15) is 9.50 Å². The van der Waals surface area contributed by atoms with Crippen molar-refractivity contribution in [3.05, 3.63) is 66.4 Å². The molecule has 1 unspecified atom stereocenters. The molecule has 0 heterocycles. The largest absolute Gasteiger partial charge is 0.388 e. The Morgan fingerprint density at radius 3 is 2.79 bits per heavy atom. The van der Waals surface area contributed by atoms with E-state index in [0.717, 1.165) is 13.6 Å². The van der Waals surface area contributed by atoms with Gasteiger partial charge in [-0.25, -0.2) is 4.39 Å². The van der Waals surface area contributed by atoms with E-state index < -0.39 is 11.9 Å². The third kappa shape index (κ3) is 3.68. The van der Waals surface area contributed by atoms with Crippen molar-refractivity contribution >= 4 is 50.1 Å². The Morgan fingerprint density at radius 1 is 1.32 bits per heavy atom. The van der Waals surface area contributed by atoms with Crippen molar-refractivity contribution in [2.24, 2.45) is 0 Å². The number of aliphatic hydroxyl groups excluding tert-OH is 1. The second-order valence-electron chi connectivity index (χ2n) is 4.10. The van der Waals surface area contributed by atoms with Crippen LogP contribution in [0.25, 0.3) is 0 Å². The van der Waals surface area contributed by atoms with Crippen LogP contribution >= 0.6 is 50.1 Å². The summed E-state index contributed by atoms with van der Waals surface area (Å²) in [7, 11) is 0. The summed E-state index contributed by atoms with van der Waals surface area (Å²) >= 11 is 11.3. The summed E-state index contributed by atoms with van der Waals surface area (Å²) in [5.41, 5.74) is 1.15. The molecule has 0 fully saturated rings. The summed E-state index contributed by atoms with van der Waals surface area (Å²) in [6, 6.07) is 10.5. The first-order chi connectivity index (χ1) is 8.99. The summed E-state index contributed by atoms with van der Waals surface area (Å²) in [5, 5.41) is 10.3. The fourth-order valence-electron chi connectivity index (χ4n) is 1.79. The van der Waals surface area contributed by atoms with Gasteiger partial charge < -0.3 is 5.11 Å². The normalized spacial score (nSPS) is 12.5. The van der Waals surface area contributed by atoms with Gasteiger partial charge >= 0.3 is 0 Å². The Balaban J connectivity index is 2.28. The zero-order valence-corrected chi connectivity index (χ0v) is 14.2. The lowest BCUT2D eigenvalue weighted by atomic mass is 10.0. The molecule has 0 saturated carbocycles. The molecule has 5 heteroatoms. The molecule has 0 aliphatic heterocycles. The standard InChI is InChI=1S/C14H10BrClFIO/c15-11-5-4-9(18)7-10(11)13(19)6-8-2-1-3-12(16)14(8)17/h1-5,7,13,19H,6H2. The Hall–Kier alpha value is -0.170. The van der Waals surface area contributed by atoms with E-state index in [1.165, 1.54) is 6.07 Å². The van der Waals surface area contributed by atoms with Gasteiger partial charge in [-0.2, -0.15) is 0 Å². The van der Waals surface area contributed by atoms with Crippen molar-refractivity contribution in [2.45, 2.75) is 12.5 Å². The third-order valence-corrected chi connectivity index (χ3v) is 4.45. The van der Waals surface area contributed by atoms with Gasteiger partial charge in [0.2, 0.25) is 0 Å². The first kappa shape index (κ1) is 15.2. The minimum atomic E-state index is -0.781. The Bertz CT molecular complexity index is 606. The van der Waals surface area contributed by atoms with E-state index in [1.54, 1.807) is 12.1 Å². The Labute approximate surface area is 138 Å². The van der Waals surface area contributed by atoms with Gasteiger partial charge in [0.05, 0.1) is 11.1 Å². The van der Waals surface area contributed by atoms with Crippen LogP contribution in [0.5, 0.6) is 0 Å². The molecule has 19 heavy (non-hydrogen) atoms. The molecular weight excluding hydrogens is 445 g/mol. The van der Waals surface area contributed by atoms with Gasteiger partial charge in [0.15, 0.2) is 0 Å². The van der Waals surface area contributed by atoms with Crippen LogP contribution < -0.4 is 0 Å². The van der Waals surface area contributed by atoms with Crippen LogP contribution in [0.4, 0.5) is 4.39 Å². The smallest absolute Gasteiger partial charge is 0.145 e. The zero-order chi connectivity index (χ0) is 14.0. The van der Waals surface area contributed by atoms with Gasteiger partial charge in [-0.15, -0.1) is 0 Å². The quantitative estimate of drug-likeness (QED) is 0.637. The molecule has 1 N–H and O–H groups in total. The summed E-state index contributed by atoms with van der Waals surface area (Å²) in [6.45, 7) is 0. The fourth-order valence-corrected chi connectivity index (χ4v) is 3.01. The van der Waals surface area contributed by atoms with Gasteiger partial charge in [0.25, 0.3) is 0 Å². The molecule has 0 aliphatic rings. The molecule has 0 spiro atoms. The predicted octanol–water partition coefficient (Wildman–Crippen LogP) is 5.12. The number of rotatable bonds is 3. The van der Waals surface area contributed by atoms with Crippen LogP contribution in [0, 0.1) is 9.39 Å². The van der Waals surface area contributed by atoms with E-state index in [0.29, 0.717) is 5.56 Å². The molecule has 0 amide bonds. The molecule has 2 aromatic rings. The predicted molar refractivity (Wildman–Crippen MR) is 86.9 cm³/mol. The average Bonchev–Trinajstić information content (AvgIpc) is 2.38. The summed E-state index contributed by atoms with van der Waals surface area (Å²) in [4.78, 5) is 0. The van der Waals surface area contributed by atoms with Gasteiger partial charge in [-0.3, -0.25) is 0 Å². The first-order valence-electron chi connectivity index (χ1n) is 5.55. The molecular formula is C14H10BrClFIO. The maximum atomic E-state index is 13.8. The highest BCUT2D eigenvalue weighted by atomic mass is 127. The summed E-state index contributed by atoms with van der Waals surface area (Å²) in [6.07, 6.45) is -0.595. The summed E-state index contributed by atoms with van der Waals surface area (Å²) in [5.74, 6) is -0.468.